The van der Waals surface area contributed by atoms with Crippen LogP contribution in [0, 0.1) is 5.92 Å². The molecule has 0 saturated heterocycles. The van der Waals surface area contributed by atoms with Gasteiger partial charge in [0.25, 0.3) is 5.91 Å². The van der Waals surface area contributed by atoms with E-state index in [0.717, 1.165) is 12.0 Å². The van der Waals surface area contributed by atoms with Crippen LogP contribution in [0.5, 0.6) is 0 Å². The number of rotatable bonds is 8. The minimum absolute atomic E-state index is 0.0165. The lowest BCUT2D eigenvalue weighted by Gasteiger charge is -2.37. The van der Waals surface area contributed by atoms with Gasteiger partial charge in [-0.3, -0.25) is 4.79 Å². The molecule has 0 aromatic heterocycles. The highest BCUT2D eigenvalue weighted by Gasteiger charge is 2.37. The fourth-order valence-electron chi connectivity index (χ4n) is 3.53. The van der Waals surface area contributed by atoms with Gasteiger partial charge in [-0.05, 0) is 43.5 Å². The Morgan fingerprint density at radius 2 is 1.79 bits per heavy atom. The number of para-hydroxylation sites is 1. The molecule has 2 aromatic carbocycles. The Morgan fingerprint density at radius 3 is 2.43 bits per heavy atom. The van der Waals surface area contributed by atoms with Crippen molar-refractivity contribution < 1.29 is 19.4 Å². The Hall–Kier alpha value is -2.63. The summed E-state index contributed by atoms with van der Waals surface area (Å²) in [4.78, 5) is 12.8. The molecule has 1 amide bonds. The molecule has 3 rings (SSSR count). The third-order valence-corrected chi connectivity index (χ3v) is 4.85. The predicted molar refractivity (Wildman–Crippen MR) is 109 cm³/mol. The maximum Gasteiger partial charge on any atom is 0.290 e. The van der Waals surface area contributed by atoms with E-state index in [9.17, 15) is 9.90 Å². The standard InChI is InChI=1S/C23H27NO4/c1-2-27-23-19(14-9-15-25)20(17-10-5-3-6-11-17)16-21(28-23)22(26)24-18-12-7-4-8-13-18/h3-8,10-13,16,19-20,23,25H,2,9,14-15H2,1H3,(H,24,26)/t19-,20+,23+/m1/s1. The number of benzene rings is 2. The van der Waals surface area contributed by atoms with Crippen molar-refractivity contribution in [3.05, 3.63) is 78.1 Å². The van der Waals surface area contributed by atoms with Crippen LogP contribution in [0.4, 0.5) is 5.69 Å². The normalized spacial score (nSPS) is 21.5. The number of ether oxygens (including phenoxy) is 2. The number of hydrogen-bond acceptors (Lipinski definition) is 4. The number of carbonyl (C=O) groups excluding carboxylic acids is 1. The molecule has 2 N–H and O–H groups in total. The average molecular weight is 381 g/mol. The largest absolute Gasteiger partial charge is 0.459 e. The molecule has 1 heterocycles. The van der Waals surface area contributed by atoms with Crippen molar-refractivity contribution in [3.8, 4) is 0 Å². The fraction of sp³-hybridized carbons (Fsp3) is 0.348. The summed E-state index contributed by atoms with van der Waals surface area (Å²) >= 11 is 0. The highest BCUT2D eigenvalue weighted by molar-refractivity contribution is 6.02. The van der Waals surface area contributed by atoms with E-state index in [0.29, 0.717) is 18.7 Å². The van der Waals surface area contributed by atoms with Crippen LogP contribution in [0.1, 0.15) is 31.2 Å². The number of anilines is 1. The third kappa shape index (κ3) is 5.00. The number of carbonyl (C=O) groups is 1. The van der Waals surface area contributed by atoms with Gasteiger partial charge in [-0.1, -0.05) is 48.5 Å². The first-order valence-corrected chi connectivity index (χ1v) is 9.75. The average Bonchev–Trinajstić information content (AvgIpc) is 2.74. The molecule has 0 bridgehead atoms. The molecular weight excluding hydrogens is 354 g/mol. The third-order valence-electron chi connectivity index (χ3n) is 4.85. The summed E-state index contributed by atoms with van der Waals surface area (Å²) in [6.45, 7) is 2.50. The van der Waals surface area contributed by atoms with Crippen LogP contribution in [0.3, 0.4) is 0 Å². The van der Waals surface area contributed by atoms with Gasteiger partial charge in [0.05, 0.1) is 0 Å². The SMILES string of the molecule is CCO[C@H]1OC(C(=O)Nc2ccccc2)=C[C@@H](c2ccccc2)[C@H]1CCCO. The molecule has 5 heteroatoms. The van der Waals surface area contributed by atoms with Crippen molar-refractivity contribution in [1.29, 1.82) is 0 Å². The van der Waals surface area contributed by atoms with Crippen molar-refractivity contribution in [2.24, 2.45) is 5.92 Å². The summed E-state index contributed by atoms with van der Waals surface area (Å²) in [6.07, 6.45) is 2.74. The molecule has 2 aromatic rings. The first kappa shape index (κ1) is 20.1. The van der Waals surface area contributed by atoms with Crippen LogP contribution >= 0.6 is 0 Å². The van der Waals surface area contributed by atoms with E-state index in [2.05, 4.69) is 5.32 Å². The zero-order chi connectivity index (χ0) is 19.8. The van der Waals surface area contributed by atoms with Crippen LogP contribution in [-0.4, -0.2) is 30.5 Å². The van der Waals surface area contributed by atoms with Gasteiger partial charge in [0.2, 0.25) is 6.29 Å². The highest BCUT2D eigenvalue weighted by atomic mass is 16.7. The van der Waals surface area contributed by atoms with Gasteiger partial charge >= 0.3 is 0 Å². The van der Waals surface area contributed by atoms with E-state index in [1.165, 1.54) is 0 Å². The molecular formula is C23H27NO4. The number of aliphatic hydroxyl groups is 1. The van der Waals surface area contributed by atoms with Crippen LogP contribution in [-0.2, 0) is 14.3 Å². The Bertz CT molecular complexity index is 776. The molecule has 1 aliphatic rings. The Labute approximate surface area is 166 Å². The molecule has 0 saturated carbocycles. The summed E-state index contributed by atoms with van der Waals surface area (Å²) in [5.74, 6) is -0.0498. The summed E-state index contributed by atoms with van der Waals surface area (Å²) in [5, 5.41) is 12.2. The van der Waals surface area contributed by atoms with Crippen molar-refractivity contribution in [1.82, 2.24) is 0 Å². The lowest BCUT2D eigenvalue weighted by Crippen LogP contribution is -2.37. The zero-order valence-corrected chi connectivity index (χ0v) is 16.1. The zero-order valence-electron chi connectivity index (χ0n) is 16.1. The van der Waals surface area contributed by atoms with Crippen molar-refractivity contribution in [2.75, 3.05) is 18.5 Å². The molecule has 3 atom stereocenters. The Morgan fingerprint density at radius 1 is 1.11 bits per heavy atom. The second-order valence-electron chi connectivity index (χ2n) is 6.76. The fourth-order valence-corrected chi connectivity index (χ4v) is 3.53. The van der Waals surface area contributed by atoms with Crippen LogP contribution in [0.15, 0.2) is 72.5 Å². The van der Waals surface area contributed by atoms with Crippen LogP contribution < -0.4 is 5.32 Å². The highest BCUT2D eigenvalue weighted by Crippen LogP contribution is 2.39. The number of hydrogen-bond donors (Lipinski definition) is 2. The maximum atomic E-state index is 12.8. The number of nitrogens with one attached hydrogen (secondary N) is 1. The van der Waals surface area contributed by atoms with Crippen molar-refractivity contribution in [3.63, 3.8) is 0 Å². The van der Waals surface area contributed by atoms with E-state index in [-0.39, 0.29) is 30.1 Å². The number of aliphatic hydroxyl groups excluding tert-OH is 1. The number of allylic oxidation sites excluding steroid dienone is 1. The van der Waals surface area contributed by atoms with Gasteiger partial charge in [-0.15, -0.1) is 0 Å². The molecule has 1 aliphatic heterocycles. The molecule has 0 unspecified atom stereocenters. The molecule has 5 nitrogen and oxygen atoms in total. The van der Waals surface area contributed by atoms with Gasteiger partial charge in [0.1, 0.15) is 0 Å². The lowest BCUT2D eigenvalue weighted by atomic mass is 9.80. The molecule has 28 heavy (non-hydrogen) atoms. The second-order valence-corrected chi connectivity index (χ2v) is 6.76. The van der Waals surface area contributed by atoms with Gasteiger partial charge in [-0.25, -0.2) is 0 Å². The minimum Gasteiger partial charge on any atom is -0.459 e. The summed E-state index contributed by atoms with van der Waals surface area (Å²) in [6, 6.07) is 19.3. The van der Waals surface area contributed by atoms with E-state index in [1.807, 2.05) is 73.7 Å². The van der Waals surface area contributed by atoms with Crippen LogP contribution in [0.25, 0.3) is 0 Å². The minimum atomic E-state index is -0.539. The van der Waals surface area contributed by atoms with Crippen molar-refractivity contribution >= 4 is 11.6 Å². The first-order chi connectivity index (χ1) is 13.7. The summed E-state index contributed by atoms with van der Waals surface area (Å²) in [7, 11) is 0. The number of amides is 1. The predicted octanol–water partition coefficient (Wildman–Crippen LogP) is 4.07. The molecule has 0 aliphatic carbocycles. The summed E-state index contributed by atoms with van der Waals surface area (Å²) in [5.41, 5.74) is 1.81. The van der Waals surface area contributed by atoms with Gasteiger partial charge in [0, 0.05) is 30.7 Å². The molecule has 0 radical (unpaired) electrons. The molecule has 0 spiro atoms. The first-order valence-electron chi connectivity index (χ1n) is 9.75. The van der Waals surface area contributed by atoms with Crippen molar-refractivity contribution in [2.45, 2.75) is 32.0 Å². The monoisotopic (exact) mass is 381 g/mol. The van der Waals surface area contributed by atoms with E-state index in [1.54, 1.807) is 0 Å². The van der Waals surface area contributed by atoms with Gasteiger partial charge < -0.3 is 19.9 Å². The topological polar surface area (TPSA) is 67.8 Å². The van der Waals surface area contributed by atoms with E-state index >= 15 is 0 Å². The maximum absolute atomic E-state index is 12.8. The van der Waals surface area contributed by atoms with E-state index < -0.39 is 6.29 Å². The van der Waals surface area contributed by atoms with Gasteiger partial charge in [0.15, 0.2) is 5.76 Å². The summed E-state index contributed by atoms with van der Waals surface area (Å²) < 4.78 is 11.8. The van der Waals surface area contributed by atoms with E-state index in [4.69, 9.17) is 9.47 Å². The second kappa shape index (κ2) is 10.1. The molecule has 148 valence electrons. The Balaban J connectivity index is 1.90. The quantitative estimate of drug-likeness (QED) is 0.723. The molecule has 0 fully saturated rings. The Kier molecular flexibility index (Phi) is 7.23. The van der Waals surface area contributed by atoms with Gasteiger partial charge in [-0.2, -0.15) is 0 Å². The van der Waals surface area contributed by atoms with Crippen LogP contribution in [0.2, 0.25) is 0 Å². The smallest absolute Gasteiger partial charge is 0.290 e. The lowest BCUT2D eigenvalue weighted by molar-refractivity contribution is -0.165.